The Labute approximate surface area is 122 Å². The van der Waals surface area contributed by atoms with Crippen LogP contribution in [0.4, 0.5) is 30.5 Å². The van der Waals surface area contributed by atoms with Crippen LogP contribution in [0, 0.1) is 6.92 Å². The molecular formula is C13H11BrF3N3. The fourth-order valence-corrected chi connectivity index (χ4v) is 2.23. The molecule has 1 heterocycles. The lowest BCUT2D eigenvalue weighted by Gasteiger charge is -2.12. The first-order valence-corrected chi connectivity index (χ1v) is 6.43. The highest BCUT2D eigenvalue weighted by molar-refractivity contribution is 9.10. The number of halogens is 4. The minimum atomic E-state index is -4.46. The summed E-state index contributed by atoms with van der Waals surface area (Å²) in [5.41, 5.74) is 6.21. The van der Waals surface area contributed by atoms with E-state index in [0.717, 1.165) is 22.2 Å². The van der Waals surface area contributed by atoms with E-state index in [1.807, 2.05) is 19.1 Å². The molecule has 0 aliphatic rings. The number of aryl methyl sites for hydroxylation is 1. The van der Waals surface area contributed by atoms with Crippen molar-refractivity contribution in [2.24, 2.45) is 0 Å². The number of hydrogen-bond donors (Lipinski definition) is 2. The number of anilines is 3. The van der Waals surface area contributed by atoms with Crippen molar-refractivity contribution in [2.75, 3.05) is 11.1 Å². The van der Waals surface area contributed by atoms with E-state index in [9.17, 15) is 13.2 Å². The number of nitrogens with zero attached hydrogens (tertiary/aromatic N) is 1. The topological polar surface area (TPSA) is 50.9 Å². The molecule has 0 spiro atoms. The second-order valence-electron chi connectivity index (χ2n) is 4.27. The number of aromatic nitrogens is 1. The summed E-state index contributed by atoms with van der Waals surface area (Å²) in [5, 5.41) is 2.81. The van der Waals surface area contributed by atoms with Crippen molar-refractivity contribution in [3.8, 4) is 0 Å². The molecule has 20 heavy (non-hydrogen) atoms. The van der Waals surface area contributed by atoms with Crippen LogP contribution in [0.3, 0.4) is 0 Å². The van der Waals surface area contributed by atoms with Crippen LogP contribution in [0.15, 0.2) is 34.8 Å². The van der Waals surface area contributed by atoms with Crippen molar-refractivity contribution in [1.29, 1.82) is 0 Å². The van der Waals surface area contributed by atoms with E-state index in [1.165, 1.54) is 0 Å². The lowest BCUT2D eigenvalue weighted by atomic mass is 10.2. The molecule has 7 heteroatoms. The second kappa shape index (κ2) is 5.32. The molecule has 0 aliphatic carbocycles. The Morgan fingerprint density at radius 3 is 2.50 bits per heavy atom. The lowest BCUT2D eigenvalue weighted by Crippen LogP contribution is -2.08. The Balaban J connectivity index is 2.36. The van der Waals surface area contributed by atoms with E-state index in [1.54, 1.807) is 6.07 Å². The number of benzene rings is 1. The van der Waals surface area contributed by atoms with E-state index in [2.05, 4.69) is 26.2 Å². The van der Waals surface area contributed by atoms with Crippen LogP contribution in [0.2, 0.25) is 0 Å². The molecule has 0 saturated carbocycles. The van der Waals surface area contributed by atoms with Crippen LogP contribution in [-0.4, -0.2) is 4.98 Å². The van der Waals surface area contributed by atoms with Gasteiger partial charge >= 0.3 is 6.18 Å². The first kappa shape index (κ1) is 14.6. The third kappa shape index (κ3) is 3.41. The molecule has 3 N–H and O–H groups in total. The number of hydrogen-bond acceptors (Lipinski definition) is 3. The van der Waals surface area contributed by atoms with Gasteiger partial charge in [0.2, 0.25) is 0 Å². The van der Waals surface area contributed by atoms with Gasteiger partial charge in [-0.05, 0) is 52.7 Å². The van der Waals surface area contributed by atoms with Gasteiger partial charge in [0.1, 0.15) is 11.6 Å². The van der Waals surface area contributed by atoms with Crippen molar-refractivity contribution in [3.05, 3.63) is 45.9 Å². The highest BCUT2D eigenvalue weighted by atomic mass is 79.9. The number of nitrogens with one attached hydrogen (secondary N) is 1. The van der Waals surface area contributed by atoms with Gasteiger partial charge in [-0.3, -0.25) is 0 Å². The molecular weight excluding hydrogens is 335 g/mol. The maximum absolute atomic E-state index is 12.7. The Morgan fingerprint density at radius 1 is 1.20 bits per heavy atom. The van der Waals surface area contributed by atoms with Crippen molar-refractivity contribution >= 4 is 33.3 Å². The third-order valence-electron chi connectivity index (χ3n) is 2.56. The van der Waals surface area contributed by atoms with Crippen LogP contribution in [-0.2, 0) is 6.18 Å². The zero-order valence-electron chi connectivity index (χ0n) is 10.4. The van der Waals surface area contributed by atoms with Crippen LogP contribution in [0.5, 0.6) is 0 Å². The summed E-state index contributed by atoms with van der Waals surface area (Å²) in [7, 11) is 0. The summed E-state index contributed by atoms with van der Waals surface area (Å²) < 4.78 is 38.8. The minimum absolute atomic E-state index is 0.0434. The first-order chi connectivity index (χ1) is 9.25. The molecule has 0 amide bonds. The zero-order chi connectivity index (χ0) is 14.9. The summed E-state index contributed by atoms with van der Waals surface area (Å²) >= 11 is 3.34. The largest absolute Gasteiger partial charge is 0.416 e. The first-order valence-electron chi connectivity index (χ1n) is 5.63. The highest BCUT2D eigenvalue weighted by Gasteiger charge is 2.31. The Bertz CT molecular complexity index is 641. The predicted molar refractivity (Wildman–Crippen MR) is 75.8 cm³/mol. The molecule has 1 aromatic carbocycles. The van der Waals surface area contributed by atoms with Crippen LogP contribution < -0.4 is 11.1 Å². The highest BCUT2D eigenvalue weighted by Crippen LogP contribution is 2.33. The van der Waals surface area contributed by atoms with Gasteiger partial charge in [-0.1, -0.05) is 6.07 Å². The Morgan fingerprint density at radius 2 is 1.90 bits per heavy atom. The van der Waals surface area contributed by atoms with Crippen LogP contribution in [0.25, 0.3) is 0 Å². The van der Waals surface area contributed by atoms with Crippen LogP contribution >= 0.6 is 15.9 Å². The summed E-state index contributed by atoms with van der Waals surface area (Å²) in [6, 6.07) is 7.15. The predicted octanol–water partition coefficient (Wildman–Crippen LogP) is 4.50. The van der Waals surface area contributed by atoms with Crippen molar-refractivity contribution in [2.45, 2.75) is 13.1 Å². The van der Waals surface area contributed by atoms with E-state index < -0.39 is 11.7 Å². The van der Waals surface area contributed by atoms with Gasteiger partial charge in [-0.15, -0.1) is 0 Å². The van der Waals surface area contributed by atoms with Crippen molar-refractivity contribution < 1.29 is 13.2 Å². The maximum atomic E-state index is 12.7. The average molecular weight is 346 g/mol. The summed E-state index contributed by atoms with van der Waals surface area (Å²) in [6.07, 6.45) is -4.46. The number of nitrogens with two attached hydrogens (primary N) is 1. The zero-order valence-corrected chi connectivity index (χ0v) is 12.0. The standard InChI is InChI=1S/C13H11BrF3N3/c1-7-2-3-10(9(14)4-7)19-12-6-8(13(15,16)17)5-11(18)20-12/h2-6H,1H3,(H3,18,19,20). The fraction of sp³-hybridized carbons (Fsp3) is 0.154. The normalized spacial score (nSPS) is 11.4. The molecule has 0 radical (unpaired) electrons. The molecule has 0 unspecified atom stereocenters. The number of alkyl halides is 3. The molecule has 2 rings (SSSR count). The van der Waals surface area contributed by atoms with Gasteiger partial charge in [0.15, 0.2) is 0 Å². The van der Waals surface area contributed by atoms with E-state index in [0.29, 0.717) is 5.69 Å². The third-order valence-corrected chi connectivity index (χ3v) is 3.22. The smallest absolute Gasteiger partial charge is 0.384 e. The van der Waals surface area contributed by atoms with E-state index in [4.69, 9.17) is 5.73 Å². The Hall–Kier alpha value is -1.76. The van der Waals surface area contributed by atoms with Crippen molar-refractivity contribution in [3.63, 3.8) is 0 Å². The van der Waals surface area contributed by atoms with Gasteiger partial charge < -0.3 is 11.1 Å². The second-order valence-corrected chi connectivity index (χ2v) is 5.13. The quantitative estimate of drug-likeness (QED) is 0.842. The average Bonchev–Trinajstić information content (AvgIpc) is 2.31. The number of nitrogen functional groups attached to an aromatic ring is 1. The maximum Gasteiger partial charge on any atom is 0.416 e. The lowest BCUT2D eigenvalue weighted by molar-refractivity contribution is -0.137. The van der Waals surface area contributed by atoms with Crippen LogP contribution in [0.1, 0.15) is 11.1 Å². The fourth-order valence-electron chi connectivity index (χ4n) is 1.64. The van der Waals surface area contributed by atoms with Gasteiger partial charge in [0.05, 0.1) is 11.3 Å². The molecule has 0 aliphatic heterocycles. The molecule has 1 aromatic heterocycles. The molecule has 0 saturated heterocycles. The summed E-state index contributed by atoms with van der Waals surface area (Å²) in [4.78, 5) is 3.85. The molecule has 106 valence electrons. The molecule has 2 aromatic rings. The monoisotopic (exact) mass is 345 g/mol. The minimum Gasteiger partial charge on any atom is -0.384 e. The summed E-state index contributed by atoms with van der Waals surface area (Å²) in [5.74, 6) is -0.146. The van der Waals surface area contributed by atoms with E-state index in [-0.39, 0.29) is 11.6 Å². The number of pyridine rings is 1. The molecule has 0 bridgehead atoms. The Kier molecular flexibility index (Phi) is 3.89. The van der Waals surface area contributed by atoms with Gasteiger partial charge in [0, 0.05) is 4.47 Å². The summed E-state index contributed by atoms with van der Waals surface area (Å²) in [6.45, 7) is 1.91. The van der Waals surface area contributed by atoms with E-state index >= 15 is 0 Å². The van der Waals surface area contributed by atoms with Gasteiger partial charge in [-0.2, -0.15) is 13.2 Å². The molecule has 3 nitrogen and oxygen atoms in total. The van der Waals surface area contributed by atoms with Crippen molar-refractivity contribution in [1.82, 2.24) is 4.98 Å². The van der Waals surface area contributed by atoms with Gasteiger partial charge in [0.25, 0.3) is 0 Å². The molecule has 0 atom stereocenters. The SMILES string of the molecule is Cc1ccc(Nc2cc(C(F)(F)F)cc(N)n2)c(Br)c1. The molecule has 0 fully saturated rings. The number of rotatable bonds is 2. The van der Waals surface area contributed by atoms with Gasteiger partial charge in [-0.25, -0.2) is 4.98 Å².